The molecule has 2 aromatic rings. The van der Waals surface area contributed by atoms with Gasteiger partial charge in [-0.2, -0.15) is 0 Å². The van der Waals surface area contributed by atoms with E-state index in [0.29, 0.717) is 28.7 Å². The lowest BCUT2D eigenvalue weighted by atomic mass is 9.86. The van der Waals surface area contributed by atoms with Crippen LogP contribution >= 0.6 is 11.8 Å². The number of hydrogen-bond donors (Lipinski definition) is 4. The van der Waals surface area contributed by atoms with Gasteiger partial charge in [-0.3, -0.25) is 14.5 Å². The Morgan fingerprint density at radius 2 is 1.88 bits per heavy atom. The number of piperidine rings is 1. The van der Waals surface area contributed by atoms with Crippen molar-refractivity contribution in [3.05, 3.63) is 58.8 Å². The third-order valence-corrected chi connectivity index (χ3v) is 9.74. The zero-order valence-corrected chi connectivity index (χ0v) is 24.1. The number of para-hydroxylation sites is 1. The highest BCUT2D eigenvalue weighted by Crippen LogP contribution is 2.48. The number of carbonyl (C=O) groups excluding carboxylic acids is 3. The molecule has 1 aliphatic carbocycles. The average molecular weight is 577 g/mol. The lowest BCUT2D eigenvalue weighted by Gasteiger charge is -2.46. The third kappa shape index (κ3) is 5.52. The number of carbonyl (C=O) groups is 3. The van der Waals surface area contributed by atoms with Gasteiger partial charge in [0.2, 0.25) is 11.8 Å². The fraction of sp³-hybridized carbons (Fsp3) is 0.467. The average Bonchev–Trinajstić information content (AvgIpc) is 3.35. The molecule has 11 heteroatoms. The largest absolute Gasteiger partial charge is 0.439 e. The highest BCUT2D eigenvalue weighted by Gasteiger charge is 2.52. The van der Waals surface area contributed by atoms with Crippen molar-refractivity contribution >= 4 is 35.3 Å². The number of amides is 4. The Kier molecular flexibility index (Phi) is 7.90. The quantitative estimate of drug-likeness (QED) is 0.394. The summed E-state index contributed by atoms with van der Waals surface area (Å²) in [4.78, 5) is 46.2. The SMILES string of the molecule is CCC(=O)N[C@H]1CCCC[C@H]1NC(=O)C1=C2NC(=O)N(c3cnc(Oc4ccccc4)cc3C)C3CCNC(S1)C23. The Bertz CT molecular complexity index is 1370. The number of rotatable bonds is 7. The summed E-state index contributed by atoms with van der Waals surface area (Å²) in [7, 11) is 0. The highest BCUT2D eigenvalue weighted by molar-refractivity contribution is 8.04. The van der Waals surface area contributed by atoms with Crippen molar-refractivity contribution in [2.24, 2.45) is 5.92 Å². The molecule has 1 aromatic carbocycles. The van der Waals surface area contributed by atoms with Gasteiger partial charge >= 0.3 is 6.03 Å². The van der Waals surface area contributed by atoms with Crippen LogP contribution in [0.15, 0.2) is 53.2 Å². The van der Waals surface area contributed by atoms with Gasteiger partial charge in [0.15, 0.2) is 0 Å². The minimum absolute atomic E-state index is 0.00411. The molecule has 3 unspecified atom stereocenters. The topological polar surface area (TPSA) is 125 Å². The minimum Gasteiger partial charge on any atom is -0.439 e. The number of pyridine rings is 1. The number of aryl methyl sites for hydroxylation is 1. The van der Waals surface area contributed by atoms with Gasteiger partial charge in [-0.1, -0.05) is 49.7 Å². The van der Waals surface area contributed by atoms with Crippen LogP contribution in [-0.2, 0) is 9.59 Å². The zero-order chi connectivity index (χ0) is 28.5. The molecule has 0 radical (unpaired) electrons. The minimum atomic E-state index is -0.262. The zero-order valence-electron chi connectivity index (χ0n) is 23.3. The van der Waals surface area contributed by atoms with Gasteiger partial charge in [0.05, 0.1) is 28.2 Å². The maximum Gasteiger partial charge on any atom is 0.326 e. The molecule has 1 aromatic heterocycles. The van der Waals surface area contributed by atoms with Crippen molar-refractivity contribution in [2.75, 3.05) is 11.4 Å². The number of nitrogens with one attached hydrogen (secondary N) is 4. The number of nitrogens with zero attached hydrogens (tertiary/aromatic N) is 2. The monoisotopic (exact) mass is 576 g/mol. The van der Waals surface area contributed by atoms with E-state index in [4.69, 9.17) is 4.74 Å². The van der Waals surface area contributed by atoms with E-state index in [0.717, 1.165) is 49.9 Å². The summed E-state index contributed by atoms with van der Waals surface area (Å²) in [5.41, 5.74) is 2.30. The molecule has 5 atom stereocenters. The molecular formula is C30H36N6O4S. The Balaban J connectivity index is 1.22. The summed E-state index contributed by atoms with van der Waals surface area (Å²) in [5, 5.41) is 12.9. The Labute approximate surface area is 244 Å². The van der Waals surface area contributed by atoms with Gasteiger partial charge in [-0.05, 0) is 50.4 Å². The molecule has 3 fully saturated rings. The molecule has 216 valence electrons. The molecule has 0 bridgehead atoms. The van der Waals surface area contributed by atoms with Crippen LogP contribution in [0.25, 0.3) is 0 Å². The number of anilines is 1. The van der Waals surface area contributed by atoms with Gasteiger partial charge in [0, 0.05) is 36.2 Å². The van der Waals surface area contributed by atoms with Crippen LogP contribution in [-0.4, -0.2) is 52.9 Å². The first-order valence-electron chi connectivity index (χ1n) is 14.5. The van der Waals surface area contributed by atoms with Crippen LogP contribution in [0.4, 0.5) is 10.5 Å². The van der Waals surface area contributed by atoms with Gasteiger partial charge in [-0.25, -0.2) is 9.78 Å². The normalized spacial score (nSPS) is 27.1. The van der Waals surface area contributed by atoms with E-state index in [1.807, 2.05) is 50.2 Å². The number of benzene rings is 1. The van der Waals surface area contributed by atoms with Gasteiger partial charge in [0.25, 0.3) is 5.91 Å². The van der Waals surface area contributed by atoms with E-state index in [9.17, 15) is 14.4 Å². The molecule has 3 aliphatic heterocycles. The van der Waals surface area contributed by atoms with Crippen molar-refractivity contribution in [2.45, 2.75) is 75.9 Å². The maximum atomic E-state index is 13.6. The summed E-state index contributed by atoms with van der Waals surface area (Å²) in [6.07, 6.45) is 6.56. The molecule has 0 spiro atoms. The summed E-state index contributed by atoms with van der Waals surface area (Å²) in [5.74, 6) is 0.908. The predicted octanol–water partition coefficient (Wildman–Crippen LogP) is 3.93. The number of thioether (sulfide) groups is 1. The molecule has 1 saturated carbocycles. The van der Waals surface area contributed by atoms with Crippen LogP contribution < -0.4 is 30.9 Å². The summed E-state index contributed by atoms with van der Waals surface area (Å²) in [6.45, 7) is 4.52. The Hall–Kier alpha value is -3.57. The maximum absolute atomic E-state index is 13.6. The van der Waals surface area contributed by atoms with Crippen molar-refractivity contribution in [1.82, 2.24) is 26.3 Å². The summed E-state index contributed by atoms with van der Waals surface area (Å²) < 4.78 is 5.90. The fourth-order valence-corrected chi connectivity index (χ4v) is 7.76. The van der Waals surface area contributed by atoms with Crippen molar-refractivity contribution < 1.29 is 19.1 Å². The summed E-state index contributed by atoms with van der Waals surface area (Å²) >= 11 is 1.49. The van der Waals surface area contributed by atoms with Crippen molar-refractivity contribution in [3.8, 4) is 11.6 Å². The van der Waals surface area contributed by atoms with Crippen LogP contribution in [0.5, 0.6) is 11.6 Å². The van der Waals surface area contributed by atoms with Crippen LogP contribution in [0, 0.1) is 12.8 Å². The highest BCUT2D eigenvalue weighted by atomic mass is 32.2. The number of hydrogen-bond acceptors (Lipinski definition) is 7. The van der Waals surface area contributed by atoms with Gasteiger partial charge in [-0.15, -0.1) is 0 Å². The first kappa shape index (κ1) is 27.6. The lowest BCUT2D eigenvalue weighted by Crippen LogP contribution is -2.62. The molecule has 10 nitrogen and oxygen atoms in total. The summed E-state index contributed by atoms with van der Waals surface area (Å²) in [6, 6.07) is 10.7. The Morgan fingerprint density at radius 3 is 2.61 bits per heavy atom. The molecule has 6 rings (SSSR count). The standard InChI is InChI=1S/C30H36N6O4S/c1-3-23(37)33-19-11-7-8-12-20(19)34-28(38)27-26-25-21(13-14-31-29(25)41-27)36(30(39)35-26)22-16-32-24(15-17(22)2)40-18-9-5-4-6-10-18/h4-6,9-10,15-16,19-21,25,29,31H,3,7-8,11-14H2,1-2H3,(H,33,37)(H,34,38)(H,35,39)/t19-,20+,21?,25?,29?/m0/s1. The number of aromatic nitrogens is 1. The van der Waals surface area contributed by atoms with Gasteiger partial charge in [0.1, 0.15) is 5.75 Å². The Morgan fingerprint density at radius 1 is 1.12 bits per heavy atom. The van der Waals surface area contributed by atoms with Gasteiger partial charge < -0.3 is 26.0 Å². The second kappa shape index (κ2) is 11.7. The molecular weight excluding hydrogens is 540 g/mol. The number of ether oxygens (including phenoxy) is 1. The van der Waals surface area contributed by atoms with E-state index in [1.165, 1.54) is 11.8 Å². The number of urea groups is 1. The van der Waals surface area contributed by atoms with E-state index in [-0.39, 0.29) is 47.3 Å². The smallest absolute Gasteiger partial charge is 0.326 e. The van der Waals surface area contributed by atoms with E-state index in [1.54, 1.807) is 11.1 Å². The fourth-order valence-electron chi connectivity index (χ4n) is 6.36. The lowest BCUT2D eigenvalue weighted by molar-refractivity contribution is -0.123. The van der Waals surface area contributed by atoms with Crippen molar-refractivity contribution in [1.29, 1.82) is 0 Å². The second-order valence-electron chi connectivity index (χ2n) is 11.0. The van der Waals surface area contributed by atoms with E-state index >= 15 is 0 Å². The molecule has 2 saturated heterocycles. The molecule has 4 amide bonds. The molecule has 4 heterocycles. The molecule has 4 N–H and O–H groups in total. The van der Waals surface area contributed by atoms with E-state index in [2.05, 4.69) is 26.3 Å². The first-order valence-corrected chi connectivity index (χ1v) is 15.3. The van der Waals surface area contributed by atoms with Crippen molar-refractivity contribution in [3.63, 3.8) is 0 Å². The molecule has 4 aliphatic rings. The predicted molar refractivity (Wildman–Crippen MR) is 157 cm³/mol. The van der Waals surface area contributed by atoms with Crippen LogP contribution in [0.2, 0.25) is 0 Å². The van der Waals surface area contributed by atoms with Crippen LogP contribution in [0.1, 0.15) is 51.0 Å². The second-order valence-corrected chi connectivity index (χ2v) is 12.2. The first-order chi connectivity index (χ1) is 19.9. The third-order valence-electron chi connectivity index (χ3n) is 8.38. The molecule has 41 heavy (non-hydrogen) atoms. The van der Waals surface area contributed by atoms with E-state index < -0.39 is 0 Å². The van der Waals surface area contributed by atoms with Crippen LogP contribution in [0.3, 0.4) is 0 Å².